The van der Waals surface area contributed by atoms with Crippen LogP contribution in [0.1, 0.15) is 36.2 Å². The number of hydrogen-bond acceptors (Lipinski definition) is 4. The Hall–Kier alpha value is -1.84. The van der Waals surface area contributed by atoms with Crippen molar-refractivity contribution in [2.24, 2.45) is 10.9 Å². The zero-order valence-corrected chi connectivity index (χ0v) is 19.3. The lowest BCUT2D eigenvalue weighted by atomic mass is 10.3. The number of nitrogens with one attached hydrogen (secondary N) is 2. The van der Waals surface area contributed by atoms with Crippen molar-refractivity contribution in [3.05, 3.63) is 41.3 Å². The van der Waals surface area contributed by atoms with Crippen molar-refractivity contribution in [2.75, 3.05) is 20.2 Å². The molecule has 8 heteroatoms. The molecule has 1 saturated carbocycles. The predicted octanol–water partition coefficient (Wildman–Crippen LogP) is 3.06. The molecule has 2 aromatic rings. The quantitative estimate of drug-likeness (QED) is 0.241. The van der Waals surface area contributed by atoms with E-state index in [9.17, 15) is 0 Å². The molecule has 0 bridgehead atoms. The van der Waals surface area contributed by atoms with E-state index in [-0.39, 0.29) is 24.0 Å². The molecule has 0 atom stereocenters. The number of hydrogen-bond donors (Lipinski definition) is 2. The van der Waals surface area contributed by atoms with E-state index in [0.717, 1.165) is 49.3 Å². The fourth-order valence-corrected chi connectivity index (χ4v) is 2.83. The maximum atomic E-state index is 5.67. The Morgan fingerprint density at radius 1 is 1.29 bits per heavy atom. The van der Waals surface area contributed by atoms with Crippen LogP contribution in [-0.4, -0.2) is 40.9 Å². The lowest BCUT2D eigenvalue weighted by Gasteiger charge is -2.12. The molecule has 154 valence electrons. The lowest BCUT2D eigenvalue weighted by molar-refractivity contribution is 0.288. The van der Waals surface area contributed by atoms with E-state index in [1.807, 2.05) is 29.9 Å². The van der Waals surface area contributed by atoms with Gasteiger partial charge in [-0.2, -0.15) is 5.10 Å². The van der Waals surface area contributed by atoms with Crippen LogP contribution in [0, 0.1) is 19.8 Å². The van der Waals surface area contributed by atoms with Gasteiger partial charge < -0.3 is 15.4 Å². The Kier molecular flexibility index (Phi) is 9.01. The topological polar surface area (TPSA) is 76.4 Å². The summed E-state index contributed by atoms with van der Waals surface area (Å²) >= 11 is 0. The Morgan fingerprint density at radius 3 is 2.71 bits per heavy atom. The Bertz CT molecular complexity index is 755. The number of nitrogens with zero attached hydrogens (tertiary/aromatic N) is 4. The van der Waals surface area contributed by atoms with Crippen LogP contribution < -0.4 is 15.4 Å². The molecule has 1 aliphatic rings. The molecule has 28 heavy (non-hydrogen) atoms. The van der Waals surface area contributed by atoms with Crippen molar-refractivity contribution in [2.45, 2.75) is 46.2 Å². The van der Waals surface area contributed by atoms with Crippen LogP contribution in [0.5, 0.6) is 5.88 Å². The summed E-state index contributed by atoms with van der Waals surface area (Å²) in [6.07, 6.45) is 5.41. The van der Waals surface area contributed by atoms with Gasteiger partial charge in [-0.3, -0.25) is 9.67 Å². The van der Waals surface area contributed by atoms with Crippen molar-refractivity contribution in [1.82, 2.24) is 25.4 Å². The number of aliphatic imine (C=N–C) groups is 1. The van der Waals surface area contributed by atoms with Gasteiger partial charge in [0.1, 0.15) is 0 Å². The Balaban J connectivity index is 0.00000280. The molecule has 0 aromatic carbocycles. The van der Waals surface area contributed by atoms with E-state index >= 15 is 0 Å². The molecule has 7 nitrogen and oxygen atoms in total. The van der Waals surface area contributed by atoms with E-state index in [4.69, 9.17) is 4.74 Å². The van der Waals surface area contributed by atoms with Gasteiger partial charge in [-0.05, 0) is 50.7 Å². The zero-order valence-electron chi connectivity index (χ0n) is 16.9. The molecule has 1 aliphatic carbocycles. The summed E-state index contributed by atoms with van der Waals surface area (Å²) in [4.78, 5) is 8.64. The van der Waals surface area contributed by atoms with Crippen LogP contribution in [0.3, 0.4) is 0 Å². The minimum atomic E-state index is 0. The largest absolute Gasteiger partial charge is 0.477 e. The van der Waals surface area contributed by atoms with Gasteiger partial charge in [-0.15, -0.1) is 24.0 Å². The molecule has 0 amide bonds. The van der Waals surface area contributed by atoms with E-state index in [0.29, 0.717) is 12.4 Å². The van der Waals surface area contributed by atoms with Crippen molar-refractivity contribution in [3.8, 4) is 5.88 Å². The SMILES string of the molecule is CN=C(NCCCn1nc(C)cc1C)NCc1ccc(OCC2CC2)nc1.I. The van der Waals surface area contributed by atoms with Crippen LogP contribution in [0.2, 0.25) is 0 Å². The van der Waals surface area contributed by atoms with E-state index in [1.165, 1.54) is 18.5 Å². The fourth-order valence-electron chi connectivity index (χ4n) is 2.83. The standard InChI is InChI=1S/C20H30N6O.HI/c1-15-11-16(2)26(25-15)10-4-9-22-20(21-3)24-13-18-7-8-19(23-12-18)27-14-17-5-6-17;/h7-8,11-12,17H,4-6,9-10,13-14H2,1-3H3,(H2,21,22,24);1H. The highest BCUT2D eigenvalue weighted by molar-refractivity contribution is 14.0. The lowest BCUT2D eigenvalue weighted by Crippen LogP contribution is -2.37. The van der Waals surface area contributed by atoms with Crippen molar-refractivity contribution < 1.29 is 4.74 Å². The van der Waals surface area contributed by atoms with Crippen molar-refractivity contribution >= 4 is 29.9 Å². The highest BCUT2D eigenvalue weighted by atomic mass is 127. The highest BCUT2D eigenvalue weighted by Crippen LogP contribution is 2.29. The normalized spacial score (nSPS) is 13.8. The second kappa shape index (κ2) is 11.2. The molecule has 1 fully saturated rings. The molecule has 0 spiro atoms. The van der Waals surface area contributed by atoms with Gasteiger partial charge in [-0.1, -0.05) is 6.07 Å². The van der Waals surface area contributed by atoms with Gasteiger partial charge in [0, 0.05) is 44.6 Å². The van der Waals surface area contributed by atoms with Crippen molar-refractivity contribution in [1.29, 1.82) is 0 Å². The van der Waals surface area contributed by atoms with Gasteiger partial charge in [0.05, 0.1) is 12.3 Å². The minimum absolute atomic E-state index is 0. The van der Waals surface area contributed by atoms with Gasteiger partial charge >= 0.3 is 0 Å². The zero-order chi connectivity index (χ0) is 19.1. The third kappa shape index (κ3) is 7.29. The number of rotatable bonds is 9. The van der Waals surface area contributed by atoms with Crippen LogP contribution >= 0.6 is 24.0 Å². The van der Waals surface area contributed by atoms with Gasteiger partial charge in [0.25, 0.3) is 0 Å². The third-order valence-corrected chi connectivity index (χ3v) is 4.59. The summed E-state index contributed by atoms with van der Waals surface area (Å²) in [5.74, 6) is 2.23. The summed E-state index contributed by atoms with van der Waals surface area (Å²) in [6.45, 7) is 7.31. The molecule has 0 radical (unpaired) electrons. The average molecular weight is 498 g/mol. The first-order chi connectivity index (χ1) is 13.1. The highest BCUT2D eigenvalue weighted by Gasteiger charge is 2.22. The van der Waals surface area contributed by atoms with Crippen LogP contribution in [0.4, 0.5) is 0 Å². The molecule has 2 aromatic heterocycles. The summed E-state index contributed by atoms with van der Waals surface area (Å²) in [5.41, 5.74) is 3.36. The first kappa shape index (κ1) is 22.4. The van der Waals surface area contributed by atoms with Crippen LogP contribution in [0.25, 0.3) is 0 Å². The number of aromatic nitrogens is 3. The number of aryl methyl sites for hydroxylation is 3. The molecule has 2 heterocycles. The fraction of sp³-hybridized carbons (Fsp3) is 0.550. The number of pyridine rings is 1. The maximum absolute atomic E-state index is 5.67. The summed E-state index contributed by atoms with van der Waals surface area (Å²) in [7, 11) is 1.78. The Labute approximate surface area is 184 Å². The monoisotopic (exact) mass is 498 g/mol. The first-order valence-electron chi connectivity index (χ1n) is 9.67. The second-order valence-electron chi connectivity index (χ2n) is 7.12. The van der Waals surface area contributed by atoms with Gasteiger partial charge in [0.2, 0.25) is 5.88 Å². The molecule has 3 rings (SSSR count). The van der Waals surface area contributed by atoms with Gasteiger partial charge in [0.15, 0.2) is 5.96 Å². The Morgan fingerprint density at radius 2 is 2.11 bits per heavy atom. The number of halogens is 1. The van der Waals surface area contributed by atoms with Gasteiger partial charge in [-0.25, -0.2) is 4.98 Å². The molecule has 2 N–H and O–H groups in total. The number of ether oxygens (including phenoxy) is 1. The maximum Gasteiger partial charge on any atom is 0.213 e. The summed E-state index contributed by atoms with van der Waals surface area (Å²) in [6, 6.07) is 6.08. The molecule has 0 aliphatic heterocycles. The molecular weight excluding hydrogens is 467 g/mol. The average Bonchev–Trinajstić information content (AvgIpc) is 3.44. The summed E-state index contributed by atoms with van der Waals surface area (Å²) in [5, 5.41) is 11.1. The predicted molar refractivity (Wildman–Crippen MR) is 122 cm³/mol. The van der Waals surface area contributed by atoms with Crippen LogP contribution in [0.15, 0.2) is 29.4 Å². The van der Waals surface area contributed by atoms with E-state index < -0.39 is 0 Å². The number of guanidine groups is 1. The van der Waals surface area contributed by atoms with E-state index in [1.54, 1.807) is 7.05 Å². The molecule has 0 saturated heterocycles. The third-order valence-electron chi connectivity index (χ3n) is 4.59. The van der Waals surface area contributed by atoms with Crippen molar-refractivity contribution in [3.63, 3.8) is 0 Å². The smallest absolute Gasteiger partial charge is 0.213 e. The molecule has 0 unspecified atom stereocenters. The minimum Gasteiger partial charge on any atom is -0.477 e. The summed E-state index contributed by atoms with van der Waals surface area (Å²) < 4.78 is 7.72. The van der Waals surface area contributed by atoms with E-state index in [2.05, 4.69) is 38.7 Å². The second-order valence-corrected chi connectivity index (χ2v) is 7.12. The van der Waals surface area contributed by atoms with Crippen LogP contribution in [-0.2, 0) is 13.1 Å². The first-order valence-corrected chi connectivity index (χ1v) is 9.67. The molecular formula is C20H31IN6O.